The van der Waals surface area contributed by atoms with Crippen molar-refractivity contribution in [1.82, 2.24) is 5.32 Å². The predicted octanol–water partition coefficient (Wildman–Crippen LogP) is 0.0129. The van der Waals surface area contributed by atoms with E-state index in [4.69, 9.17) is 9.47 Å². The van der Waals surface area contributed by atoms with Crippen molar-refractivity contribution in [3.8, 4) is 17.2 Å². The molecule has 3 aromatic carbocycles. The van der Waals surface area contributed by atoms with E-state index >= 15 is 0 Å². The monoisotopic (exact) mass is 465 g/mol. The van der Waals surface area contributed by atoms with E-state index in [1.54, 1.807) is 54.6 Å². The van der Waals surface area contributed by atoms with Crippen LogP contribution in [0, 0.1) is 0 Å². The molecule has 0 aliphatic heterocycles. The predicted molar refractivity (Wildman–Crippen MR) is 125 cm³/mol. The molecule has 0 heterocycles. The van der Waals surface area contributed by atoms with Gasteiger partial charge >= 0.3 is 18.9 Å². The molecular weight excluding hydrogens is 436 g/mol. The fourth-order valence-corrected chi connectivity index (χ4v) is 4.06. The van der Waals surface area contributed by atoms with Gasteiger partial charge in [-0.25, -0.2) is 0 Å². The molecule has 0 radical (unpaired) electrons. The number of benzene rings is 3. The maximum atomic E-state index is 12.4. The number of phenols is 1. The van der Waals surface area contributed by atoms with Crippen LogP contribution in [-0.4, -0.2) is 47.3 Å². The van der Waals surface area contributed by atoms with Gasteiger partial charge in [-0.15, -0.1) is 0 Å². The smallest absolute Gasteiger partial charge is 1.00 e. The summed E-state index contributed by atoms with van der Waals surface area (Å²) in [6.45, 7) is 1.22. The Labute approximate surface area is 207 Å². The van der Waals surface area contributed by atoms with E-state index in [0.717, 1.165) is 12.0 Å². The van der Waals surface area contributed by atoms with Crippen LogP contribution in [0.2, 0.25) is 0 Å². The minimum atomic E-state index is -3.56. The first-order chi connectivity index (χ1) is 15.4. The second kappa shape index (κ2) is 13.5. The summed E-state index contributed by atoms with van der Waals surface area (Å²) in [5, 5.41) is 22.8. The van der Waals surface area contributed by atoms with Gasteiger partial charge in [0.05, 0.1) is 0 Å². The second-order valence-corrected chi connectivity index (χ2v) is 9.55. The van der Waals surface area contributed by atoms with Crippen LogP contribution in [-0.2, 0) is 11.0 Å². The summed E-state index contributed by atoms with van der Waals surface area (Å²) in [6.07, 6.45) is -0.172. The molecule has 172 valence electrons. The molecule has 0 spiro atoms. The van der Waals surface area contributed by atoms with Gasteiger partial charge in [-0.05, 0) is 67.1 Å². The summed E-state index contributed by atoms with van der Waals surface area (Å²) >= 11 is 0. The number of hydrogen-bond acceptors (Lipinski definition) is 6. The zero-order chi connectivity index (χ0) is 22.8. The first-order valence-corrected chi connectivity index (χ1v) is 12.2. The number of nitrogens with one attached hydrogen (secondary N) is 1. The minimum absolute atomic E-state index is 0. The summed E-state index contributed by atoms with van der Waals surface area (Å²) in [7, 11) is -3.56. The van der Waals surface area contributed by atoms with E-state index in [2.05, 4.69) is 5.32 Å². The van der Waals surface area contributed by atoms with Gasteiger partial charge in [0.15, 0.2) is 6.35 Å². The van der Waals surface area contributed by atoms with Crippen molar-refractivity contribution in [2.24, 2.45) is 0 Å². The molecule has 0 saturated carbocycles. The molecule has 2 unspecified atom stereocenters. The molecule has 0 fully saturated rings. The molecule has 0 bridgehead atoms. The maximum absolute atomic E-state index is 12.4. The number of phenolic OH excluding ortho intramolecular Hbond substituents is 1. The Hall–Kier alpha value is -2.23. The van der Waals surface area contributed by atoms with Gasteiger partial charge in [-0.2, -0.15) is 0 Å². The van der Waals surface area contributed by atoms with Crippen LogP contribution in [0.15, 0.2) is 78.9 Å². The fourth-order valence-electron chi connectivity index (χ4n) is 2.94. The topological polar surface area (TPSA) is 108 Å². The van der Waals surface area contributed by atoms with E-state index in [1.165, 1.54) is 12.1 Å². The third kappa shape index (κ3) is 9.27. The molecule has 0 aliphatic rings. The van der Waals surface area contributed by atoms with Crippen molar-refractivity contribution in [3.05, 3.63) is 84.4 Å². The van der Waals surface area contributed by atoms with Gasteiger partial charge < -0.3 is 31.3 Å². The number of aliphatic hydroxyl groups excluding tert-OH is 1. The van der Waals surface area contributed by atoms with Crippen LogP contribution in [0.3, 0.4) is 0 Å². The molecule has 7 nitrogen and oxygen atoms in total. The van der Waals surface area contributed by atoms with Crippen molar-refractivity contribution in [2.75, 3.05) is 26.0 Å². The normalized spacial score (nSPS) is 13.4. The zero-order valence-corrected chi connectivity index (χ0v) is 19.5. The first kappa shape index (κ1) is 27.0. The van der Waals surface area contributed by atoms with Crippen LogP contribution in [0.25, 0.3) is 0 Å². The molecule has 9 heteroatoms. The third-order valence-electron chi connectivity index (χ3n) is 4.74. The molecule has 33 heavy (non-hydrogen) atoms. The largest absolute Gasteiger partial charge is 1.00 e. The van der Waals surface area contributed by atoms with Crippen LogP contribution < -0.4 is 39.0 Å². The molecule has 3 rings (SSSR count). The summed E-state index contributed by atoms with van der Waals surface area (Å²) in [4.78, 5) is 10.2. The standard InChI is InChI=1S/C24H28NO6P.Li.H/c26-20-8-12-22(13-9-20)30-17-21(27)16-25-15-14-19-6-10-23(11-7-19)31-18-32(28,29)24-4-2-1-3-5-24;;/h1-13,21,25-27H,14-18H2,(H,28,29);;/q;+1;-1. The SMILES string of the molecule is O=P(O)(COc1ccc(CCNCC(O)COc2ccc(O)cc2)cc1)c1ccccc1.[H-].[Li+]. The Bertz CT molecular complexity index is 1010. The Morgan fingerprint density at radius 2 is 1.52 bits per heavy atom. The molecule has 4 N–H and O–H groups in total. The average molecular weight is 465 g/mol. The third-order valence-corrected chi connectivity index (χ3v) is 6.32. The number of aliphatic hydroxyl groups is 1. The van der Waals surface area contributed by atoms with E-state index < -0.39 is 13.5 Å². The average Bonchev–Trinajstić information content (AvgIpc) is 2.81. The number of hydrogen-bond donors (Lipinski definition) is 4. The van der Waals surface area contributed by atoms with E-state index in [0.29, 0.717) is 29.9 Å². The summed E-state index contributed by atoms with van der Waals surface area (Å²) in [6, 6.07) is 22.2. The molecular formula is C24H29LiNO6P. The molecule has 0 aliphatic carbocycles. The van der Waals surface area contributed by atoms with Gasteiger partial charge in [-0.3, -0.25) is 4.57 Å². The van der Waals surface area contributed by atoms with Crippen molar-refractivity contribution in [1.29, 1.82) is 0 Å². The van der Waals surface area contributed by atoms with Crippen molar-refractivity contribution in [2.45, 2.75) is 12.5 Å². The van der Waals surface area contributed by atoms with Crippen molar-refractivity contribution in [3.63, 3.8) is 0 Å². The van der Waals surface area contributed by atoms with Crippen LogP contribution in [0.4, 0.5) is 0 Å². The molecule has 0 amide bonds. The molecule has 0 aromatic heterocycles. The summed E-state index contributed by atoms with van der Waals surface area (Å²) in [5.74, 6) is 1.29. The summed E-state index contributed by atoms with van der Waals surface area (Å²) < 4.78 is 23.4. The molecule has 2 atom stereocenters. The van der Waals surface area contributed by atoms with Crippen LogP contribution in [0.5, 0.6) is 17.2 Å². The van der Waals surface area contributed by atoms with E-state index in [9.17, 15) is 19.7 Å². The van der Waals surface area contributed by atoms with Gasteiger partial charge in [-0.1, -0.05) is 30.3 Å². The van der Waals surface area contributed by atoms with Gasteiger partial charge in [0, 0.05) is 11.8 Å². The van der Waals surface area contributed by atoms with Crippen LogP contribution in [0.1, 0.15) is 6.99 Å². The summed E-state index contributed by atoms with van der Waals surface area (Å²) in [5.41, 5.74) is 1.08. The Morgan fingerprint density at radius 3 is 2.18 bits per heavy atom. The zero-order valence-electron chi connectivity index (χ0n) is 19.6. The van der Waals surface area contributed by atoms with Gasteiger partial charge in [0.2, 0.25) is 0 Å². The quantitative estimate of drug-likeness (QED) is 0.170. The van der Waals surface area contributed by atoms with Gasteiger partial charge in [0.1, 0.15) is 30.0 Å². The van der Waals surface area contributed by atoms with Crippen LogP contribution >= 0.6 is 7.37 Å². The number of rotatable bonds is 12. The maximum Gasteiger partial charge on any atom is 1.00 e. The van der Waals surface area contributed by atoms with E-state index in [1.807, 2.05) is 12.1 Å². The van der Waals surface area contributed by atoms with E-state index in [-0.39, 0.29) is 39.0 Å². The Balaban J connectivity index is 0.00000289. The van der Waals surface area contributed by atoms with Crippen molar-refractivity contribution >= 4 is 12.7 Å². The second-order valence-electron chi connectivity index (χ2n) is 7.37. The minimum Gasteiger partial charge on any atom is -1.00 e. The molecule has 3 aromatic rings. The fraction of sp³-hybridized carbons (Fsp3) is 0.250. The Morgan fingerprint density at radius 1 is 0.909 bits per heavy atom. The first-order valence-electron chi connectivity index (χ1n) is 10.3. The van der Waals surface area contributed by atoms with Crippen molar-refractivity contribution < 1.29 is 49.4 Å². The number of ether oxygens (including phenoxy) is 2. The van der Waals surface area contributed by atoms with Gasteiger partial charge in [0.25, 0.3) is 7.37 Å². The Kier molecular flexibility index (Phi) is 11.0. The molecule has 0 saturated heterocycles. The number of aromatic hydroxyl groups is 1.